The van der Waals surface area contributed by atoms with Crippen LogP contribution in [0.25, 0.3) is 0 Å². The minimum atomic E-state index is -0.605. The average molecular weight is 284 g/mol. The zero-order chi connectivity index (χ0) is 15.4. The molecule has 0 saturated carbocycles. The Balaban J connectivity index is 2.08. The second kappa shape index (κ2) is 6.77. The van der Waals surface area contributed by atoms with E-state index in [0.29, 0.717) is 5.92 Å². The quantitative estimate of drug-likeness (QED) is 0.873. The first-order valence-electron chi connectivity index (χ1n) is 7.45. The highest BCUT2D eigenvalue weighted by Crippen LogP contribution is 2.28. The first-order valence-corrected chi connectivity index (χ1v) is 7.45. The molecule has 112 valence electrons. The third-order valence-corrected chi connectivity index (χ3v) is 3.65. The minimum absolute atomic E-state index is 0.270. The SMILES string of the molecule is Cc1ccc(C(O)COc2cc(C)ccc2C(C)C)cc1. The van der Waals surface area contributed by atoms with Gasteiger partial charge in [0.15, 0.2) is 0 Å². The van der Waals surface area contributed by atoms with Gasteiger partial charge in [-0.3, -0.25) is 0 Å². The summed E-state index contributed by atoms with van der Waals surface area (Å²) in [4.78, 5) is 0. The summed E-state index contributed by atoms with van der Waals surface area (Å²) in [6.45, 7) is 8.65. The standard InChI is InChI=1S/C19H24O2/c1-13(2)17-10-7-15(4)11-19(17)21-12-18(20)16-8-5-14(3)6-9-16/h5-11,13,18,20H,12H2,1-4H3. The monoisotopic (exact) mass is 284 g/mol. The Labute approximate surface area is 127 Å². The molecular weight excluding hydrogens is 260 g/mol. The molecule has 2 aromatic rings. The molecule has 0 aliphatic heterocycles. The minimum Gasteiger partial charge on any atom is -0.490 e. The van der Waals surface area contributed by atoms with E-state index >= 15 is 0 Å². The van der Waals surface area contributed by atoms with Crippen molar-refractivity contribution in [1.29, 1.82) is 0 Å². The number of aryl methyl sites for hydroxylation is 2. The summed E-state index contributed by atoms with van der Waals surface area (Å²) in [7, 11) is 0. The Morgan fingerprint density at radius 3 is 2.19 bits per heavy atom. The zero-order valence-electron chi connectivity index (χ0n) is 13.3. The number of hydrogen-bond acceptors (Lipinski definition) is 2. The van der Waals surface area contributed by atoms with Crippen LogP contribution in [0, 0.1) is 13.8 Å². The molecule has 0 radical (unpaired) electrons. The molecule has 0 spiro atoms. The molecule has 0 aliphatic rings. The molecule has 1 atom stereocenters. The van der Waals surface area contributed by atoms with Crippen molar-refractivity contribution in [2.45, 2.75) is 39.7 Å². The average Bonchev–Trinajstić information content (AvgIpc) is 2.45. The van der Waals surface area contributed by atoms with E-state index in [1.54, 1.807) is 0 Å². The molecule has 2 aromatic carbocycles. The summed E-state index contributed by atoms with van der Waals surface area (Å²) >= 11 is 0. The number of rotatable bonds is 5. The van der Waals surface area contributed by atoms with E-state index in [-0.39, 0.29) is 6.61 Å². The molecule has 0 aliphatic carbocycles. The first kappa shape index (κ1) is 15.6. The zero-order valence-corrected chi connectivity index (χ0v) is 13.3. The molecule has 1 unspecified atom stereocenters. The summed E-state index contributed by atoms with van der Waals surface area (Å²) in [6, 6.07) is 14.1. The van der Waals surface area contributed by atoms with Gasteiger partial charge in [0.1, 0.15) is 18.5 Å². The molecule has 0 heterocycles. The van der Waals surface area contributed by atoms with Gasteiger partial charge in [0.2, 0.25) is 0 Å². The predicted molar refractivity (Wildman–Crippen MR) is 86.9 cm³/mol. The van der Waals surface area contributed by atoms with Crippen molar-refractivity contribution in [1.82, 2.24) is 0 Å². The van der Waals surface area contributed by atoms with Crippen molar-refractivity contribution in [3.63, 3.8) is 0 Å². The van der Waals surface area contributed by atoms with Crippen molar-refractivity contribution in [2.24, 2.45) is 0 Å². The molecule has 0 saturated heterocycles. The topological polar surface area (TPSA) is 29.5 Å². The fraction of sp³-hybridized carbons (Fsp3) is 0.368. The third-order valence-electron chi connectivity index (χ3n) is 3.65. The van der Waals surface area contributed by atoms with Crippen LogP contribution in [0.4, 0.5) is 0 Å². The molecule has 0 aromatic heterocycles. The second-order valence-corrected chi connectivity index (χ2v) is 5.93. The van der Waals surface area contributed by atoms with Crippen LogP contribution in [0.2, 0.25) is 0 Å². The lowest BCUT2D eigenvalue weighted by Gasteiger charge is -2.17. The van der Waals surface area contributed by atoms with Crippen molar-refractivity contribution in [3.05, 3.63) is 64.7 Å². The van der Waals surface area contributed by atoms with Crippen LogP contribution in [0.15, 0.2) is 42.5 Å². The van der Waals surface area contributed by atoms with Crippen LogP contribution in [0.5, 0.6) is 5.75 Å². The van der Waals surface area contributed by atoms with Crippen LogP contribution in [0.3, 0.4) is 0 Å². The van der Waals surface area contributed by atoms with Gasteiger partial charge in [0.25, 0.3) is 0 Å². The lowest BCUT2D eigenvalue weighted by molar-refractivity contribution is 0.107. The Kier molecular flexibility index (Phi) is 5.03. The van der Waals surface area contributed by atoms with Crippen molar-refractivity contribution < 1.29 is 9.84 Å². The number of hydrogen-bond donors (Lipinski definition) is 1. The van der Waals surface area contributed by atoms with Gasteiger partial charge in [-0.1, -0.05) is 55.8 Å². The summed E-state index contributed by atoms with van der Waals surface area (Å²) < 4.78 is 5.88. The normalized spacial score (nSPS) is 12.5. The number of ether oxygens (including phenoxy) is 1. The van der Waals surface area contributed by atoms with E-state index in [0.717, 1.165) is 11.3 Å². The highest BCUT2D eigenvalue weighted by molar-refractivity contribution is 5.39. The van der Waals surface area contributed by atoms with E-state index in [2.05, 4.69) is 26.0 Å². The van der Waals surface area contributed by atoms with Crippen molar-refractivity contribution >= 4 is 0 Å². The predicted octanol–water partition coefficient (Wildman–Crippen LogP) is 4.54. The molecule has 2 rings (SSSR count). The molecule has 0 bridgehead atoms. The molecule has 0 amide bonds. The number of aliphatic hydroxyl groups excluding tert-OH is 1. The summed E-state index contributed by atoms with van der Waals surface area (Å²) in [5.41, 5.74) is 4.42. The van der Waals surface area contributed by atoms with Crippen LogP contribution >= 0.6 is 0 Å². The largest absolute Gasteiger partial charge is 0.490 e. The summed E-state index contributed by atoms with van der Waals surface area (Å²) in [5.74, 6) is 1.27. The van der Waals surface area contributed by atoms with E-state index in [1.165, 1.54) is 16.7 Å². The highest BCUT2D eigenvalue weighted by Gasteiger charge is 2.12. The second-order valence-electron chi connectivity index (χ2n) is 5.93. The third kappa shape index (κ3) is 4.08. The lowest BCUT2D eigenvalue weighted by atomic mass is 10.0. The number of aliphatic hydroxyl groups is 1. The van der Waals surface area contributed by atoms with Gasteiger partial charge in [-0.25, -0.2) is 0 Å². The fourth-order valence-corrected chi connectivity index (χ4v) is 2.30. The smallest absolute Gasteiger partial charge is 0.123 e. The molecule has 2 nitrogen and oxygen atoms in total. The molecule has 0 fully saturated rings. The van der Waals surface area contributed by atoms with E-state index < -0.39 is 6.10 Å². The Bertz CT molecular complexity index is 585. The first-order chi connectivity index (χ1) is 9.97. The van der Waals surface area contributed by atoms with Crippen LogP contribution in [-0.2, 0) is 0 Å². The van der Waals surface area contributed by atoms with Gasteiger partial charge in [-0.2, -0.15) is 0 Å². The van der Waals surface area contributed by atoms with E-state index in [4.69, 9.17) is 4.74 Å². The Hall–Kier alpha value is -1.80. The fourth-order valence-electron chi connectivity index (χ4n) is 2.30. The van der Waals surface area contributed by atoms with E-state index in [1.807, 2.05) is 44.2 Å². The molecule has 1 N–H and O–H groups in total. The molecule has 21 heavy (non-hydrogen) atoms. The molecular formula is C19H24O2. The molecule has 2 heteroatoms. The number of benzene rings is 2. The van der Waals surface area contributed by atoms with Crippen molar-refractivity contribution in [3.8, 4) is 5.75 Å². The lowest BCUT2D eigenvalue weighted by Crippen LogP contribution is -2.11. The van der Waals surface area contributed by atoms with Gasteiger partial charge in [-0.05, 0) is 42.5 Å². The van der Waals surface area contributed by atoms with Gasteiger partial charge in [0.05, 0.1) is 0 Å². The maximum atomic E-state index is 10.2. The maximum absolute atomic E-state index is 10.2. The summed E-state index contributed by atoms with van der Waals surface area (Å²) in [6.07, 6.45) is -0.605. The highest BCUT2D eigenvalue weighted by atomic mass is 16.5. The van der Waals surface area contributed by atoms with Gasteiger partial charge in [0, 0.05) is 0 Å². The Morgan fingerprint density at radius 1 is 0.952 bits per heavy atom. The van der Waals surface area contributed by atoms with Crippen LogP contribution in [-0.4, -0.2) is 11.7 Å². The summed E-state index contributed by atoms with van der Waals surface area (Å²) in [5, 5.41) is 10.2. The van der Waals surface area contributed by atoms with E-state index in [9.17, 15) is 5.11 Å². The van der Waals surface area contributed by atoms with Gasteiger partial charge >= 0.3 is 0 Å². The van der Waals surface area contributed by atoms with Crippen LogP contribution in [0.1, 0.15) is 48.1 Å². The van der Waals surface area contributed by atoms with Gasteiger partial charge < -0.3 is 9.84 Å². The Morgan fingerprint density at radius 2 is 1.57 bits per heavy atom. The van der Waals surface area contributed by atoms with Crippen molar-refractivity contribution in [2.75, 3.05) is 6.61 Å². The maximum Gasteiger partial charge on any atom is 0.123 e. The van der Waals surface area contributed by atoms with Crippen LogP contribution < -0.4 is 4.74 Å². The van der Waals surface area contributed by atoms with Gasteiger partial charge in [-0.15, -0.1) is 0 Å².